The predicted molar refractivity (Wildman–Crippen MR) is 105 cm³/mol. The lowest BCUT2D eigenvalue weighted by Crippen LogP contribution is -2.30. The quantitative estimate of drug-likeness (QED) is 0.584. The van der Waals surface area contributed by atoms with E-state index in [0.29, 0.717) is 17.7 Å². The van der Waals surface area contributed by atoms with Crippen molar-refractivity contribution in [2.45, 2.75) is 20.1 Å². The van der Waals surface area contributed by atoms with Crippen molar-refractivity contribution in [1.82, 2.24) is 4.90 Å². The summed E-state index contributed by atoms with van der Waals surface area (Å²) in [6.45, 7) is 2.30. The van der Waals surface area contributed by atoms with Gasteiger partial charge in [0.2, 0.25) is 5.76 Å². The van der Waals surface area contributed by atoms with Gasteiger partial charge in [0.05, 0.1) is 6.61 Å². The molecular weight excluding hydrogens is 358 g/mol. The van der Waals surface area contributed by atoms with Gasteiger partial charge in [0.1, 0.15) is 5.58 Å². The van der Waals surface area contributed by atoms with Crippen molar-refractivity contribution in [2.24, 2.45) is 0 Å². The van der Waals surface area contributed by atoms with Crippen LogP contribution in [0.25, 0.3) is 11.0 Å². The monoisotopic (exact) mass is 381 g/mol. The Hall–Kier alpha value is -3.12. The molecule has 6 heteroatoms. The van der Waals surface area contributed by atoms with Crippen molar-refractivity contribution in [3.8, 4) is 0 Å². The van der Waals surface area contributed by atoms with Gasteiger partial charge < -0.3 is 18.8 Å². The van der Waals surface area contributed by atoms with Gasteiger partial charge in [-0.3, -0.25) is 4.79 Å². The summed E-state index contributed by atoms with van der Waals surface area (Å²) < 4.78 is 16.0. The maximum absolute atomic E-state index is 12.5. The number of ether oxygens (including phenoxy) is 2. The van der Waals surface area contributed by atoms with Crippen LogP contribution in [0.1, 0.15) is 27.2 Å². The molecule has 3 aromatic rings. The van der Waals surface area contributed by atoms with Crippen LogP contribution in [0.5, 0.6) is 0 Å². The maximum atomic E-state index is 12.5. The zero-order chi connectivity index (χ0) is 20.1. The van der Waals surface area contributed by atoms with Crippen LogP contribution in [-0.2, 0) is 27.4 Å². The summed E-state index contributed by atoms with van der Waals surface area (Å²) in [6, 6.07) is 15.2. The minimum absolute atomic E-state index is 0.0667. The van der Waals surface area contributed by atoms with E-state index < -0.39 is 5.97 Å². The Bertz CT molecular complexity index is 974. The van der Waals surface area contributed by atoms with Gasteiger partial charge in [-0.15, -0.1) is 0 Å². The molecule has 0 N–H and O–H groups in total. The fourth-order valence-corrected chi connectivity index (χ4v) is 2.91. The standard InChI is InChI=1S/C22H23NO5/c1-15-8-10-16(11-9-15)12-23(2)20(24)14-27-22(25)21-18(13-26-3)17-6-4-5-7-19(17)28-21/h4-11H,12-14H2,1-3H3. The highest BCUT2D eigenvalue weighted by Gasteiger charge is 2.23. The van der Waals surface area contributed by atoms with E-state index in [1.165, 1.54) is 4.90 Å². The highest BCUT2D eigenvalue weighted by atomic mass is 16.5. The summed E-state index contributed by atoms with van der Waals surface area (Å²) in [5, 5.41) is 0.791. The average molecular weight is 381 g/mol. The third kappa shape index (κ3) is 4.40. The normalized spacial score (nSPS) is 10.8. The van der Waals surface area contributed by atoms with Crippen LogP contribution in [0.4, 0.5) is 0 Å². The molecule has 1 heterocycles. The van der Waals surface area contributed by atoms with Gasteiger partial charge in [-0.2, -0.15) is 0 Å². The number of benzene rings is 2. The molecule has 3 rings (SSSR count). The summed E-state index contributed by atoms with van der Waals surface area (Å²) in [4.78, 5) is 26.3. The minimum Gasteiger partial charge on any atom is -0.450 e. The van der Waals surface area contributed by atoms with Gasteiger partial charge in [0.15, 0.2) is 6.61 Å². The van der Waals surface area contributed by atoms with Crippen LogP contribution in [0, 0.1) is 6.92 Å². The van der Waals surface area contributed by atoms with Gasteiger partial charge in [-0.05, 0) is 18.6 Å². The van der Waals surface area contributed by atoms with E-state index in [1.54, 1.807) is 20.2 Å². The molecule has 0 unspecified atom stereocenters. The first-order chi connectivity index (χ1) is 13.5. The average Bonchev–Trinajstić information content (AvgIpc) is 3.06. The number of nitrogens with zero attached hydrogens (tertiary/aromatic N) is 1. The molecule has 1 aromatic heterocycles. The Morgan fingerprint density at radius 1 is 1.07 bits per heavy atom. The number of fused-ring (bicyclic) bond motifs is 1. The molecule has 0 aliphatic heterocycles. The fourth-order valence-electron chi connectivity index (χ4n) is 2.91. The van der Waals surface area contributed by atoms with Crippen LogP contribution in [0.3, 0.4) is 0 Å². The second-order valence-electron chi connectivity index (χ2n) is 6.65. The SMILES string of the molecule is COCc1c(C(=O)OCC(=O)N(C)Cc2ccc(C)cc2)oc2ccccc12. The Morgan fingerprint density at radius 2 is 1.79 bits per heavy atom. The number of furan rings is 1. The molecule has 0 saturated carbocycles. The van der Waals surface area contributed by atoms with E-state index in [2.05, 4.69) is 0 Å². The van der Waals surface area contributed by atoms with E-state index in [4.69, 9.17) is 13.9 Å². The molecule has 0 bridgehead atoms. The third-order valence-electron chi connectivity index (χ3n) is 4.47. The van der Waals surface area contributed by atoms with E-state index in [0.717, 1.165) is 16.5 Å². The largest absolute Gasteiger partial charge is 0.450 e. The van der Waals surface area contributed by atoms with Gasteiger partial charge in [0.25, 0.3) is 5.91 Å². The first-order valence-electron chi connectivity index (χ1n) is 8.95. The number of esters is 1. The summed E-state index contributed by atoms with van der Waals surface area (Å²) >= 11 is 0. The fraction of sp³-hybridized carbons (Fsp3) is 0.273. The van der Waals surface area contributed by atoms with Crippen LogP contribution in [0.15, 0.2) is 52.9 Å². The Labute approximate surface area is 163 Å². The molecule has 0 radical (unpaired) electrons. The minimum atomic E-state index is -0.680. The molecule has 0 atom stereocenters. The van der Waals surface area contributed by atoms with Crippen molar-refractivity contribution in [3.05, 3.63) is 71.0 Å². The highest BCUT2D eigenvalue weighted by Crippen LogP contribution is 2.27. The van der Waals surface area contributed by atoms with Crippen molar-refractivity contribution in [2.75, 3.05) is 20.8 Å². The molecule has 0 aliphatic carbocycles. The van der Waals surface area contributed by atoms with Crippen molar-refractivity contribution >= 4 is 22.8 Å². The molecule has 28 heavy (non-hydrogen) atoms. The number of para-hydroxylation sites is 1. The molecule has 0 fully saturated rings. The second kappa shape index (κ2) is 8.71. The van der Waals surface area contributed by atoms with Gasteiger partial charge >= 0.3 is 5.97 Å². The lowest BCUT2D eigenvalue weighted by molar-refractivity contribution is -0.133. The third-order valence-corrected chi connectivity index (χ3v) is 4.47. The Morgan fingerprint density at radius 3 is 2.50 bits per heavy atom. The Kier molecular flexibility index (Phi) is 6.11. The van der Waals surface area contributed by atoms with Crippen LogP contribution in [0.2, 0.25) is 0 Å². The number of hydrogen-bond acceptors (Lipinski definition) is 5. The highest BCUT2D eigenvalue weighted by molar-refractivity contribution is 5.96. The van der Waals surface area contributed by atoms with E-state index in [1.807, 2.05) is 49.4 Å². The predicted octanol–water partition coefficient (Wildman–Crippen LogP) is 3.70. The first-order valence-corrected chi connectivity index (χ1v) is 8.95. The van der Waals surface area contributed by atoms with E-state index in [-0.39, 0.29) is 24.9 Å². The van der Waals surface area contributed by atoms with E-state index in [9.17, 15) is 9.59 Å². The molecule has 146 valence electrons. The molecule has 2 aromatic carbocycles. The smallest absolute Gasteiger partial charge is 0.375 e. The van der Waals surface area contributed by atoms with E-state index >= 15 is 0 Å². The number of rotatable bonds is 7. The van der Waals surface area contributed by atoms with Crippen molar-refractivity contribution < 1.29 is 23.5 Å². The topological polar surface area (TPSA) is 69.0 Å². The molecule has 0 spiro atoms. The number of carbonyl (C=O) groups excluding carboxylic acids is 2. The lowest BCUT2D eigenvalue weighted by Gasteiger charge is -2.17. The number of aryl methyl sites for hydroxylation is 1. The summed E-state index contributed by atoms with van der Waals surface area (Å²) in [6.07, 6.45) is 0. The maximum Gasteiger partial charge on any atom is 0.375 e. The Balaban J connectivity index is 1.64. The van der Waals surface area contributed by atoms with Gasteiger partial charge in [-0.1, -0.05) is 48.0 Å². The number of likely N-dealkylation sites (N-methyl/N-ethyl adjacent to an activating group) is 1. The molecular formula is C22H23NO5. The summed E-state index contributed by atoms with van der Waals surface area (Å²) in [7, 11) is 3.22. The zero-order valence-corrected chi connectivity index (χ0v) is 16.2. The van der Waals surface area contributed by atoms with Gasteiger partial charge in [0, 0.05) is 31.7 Å². The molecule has 0 saturated heterocycles. The first kappa shape index (κ1) is 19.6. The summed E-state index contributed by atoms with van der Waals surface area (Å²) in [5.41, 5.74) is 3.35. The molecule has 6 nitrogen and oxygen atoms in total. The lowest BCUT2D eigenvalue weighted by atomic mass is 10.1. The zero-order valence-electron chi connectivity index (χ0n) is 16.2. The van der Waals surface area contributed by atoms with Crippen molar-refractivity contribution in [1.29, 1.82) is 0 Å². The van der Waals surface area contributed by atoms with Crippen LogP contribution < -0.4 is 0 Å². The second-order valence-corrected chi connectivity index (χ2v) is 6.65. The number of carbonyl (C=O) groups is 2. The number of methoxy groups -OCH3 is 1. The van der Waals surface area contributed by atoms with Gasteiger partial charge in [-0.25, -0.2) is 4.79 Å². The van der Waals surface area contributed by atoms with Crippen LogP contribution >= 0.6 is 0 Å². The van der Waals surface area contributed by atoms with Crippen LogP contribution in [-0.4, -0.2) is 37.5 Å². The number of amides is 1. The molecule has 0 aliphatic rings. The number of hydrogen-bond donors (Lipinski definition) is 0. The molecule has 1 amide bonds. The summed E-state index contributed by atoms with van der Waals surface area (Å²) in [5.74, 6) is -0.907. The van der Waals surface area contributed by atoms with Crippen molar-refractivity contribution in [3.63, 3.8) is 0 Å².